The summed E-state index contributed by atoms with van der Waals surface area (Å²) in [6.45, 7) is 1.85. The lowest BCUT2D eigenvalue weighted by Gasteiger charge is -2.10. The molecule has 26 heavy (non-hydrogen) atoms. The zero-order valence-electron chi connectivity index (χ0n) is 14.6. The second-order valence-corrected chi connectivity index (χ2v) is 5.82. The highest BCUT2D eigenvalue weighted by Crippen LogP contribution is 2.27. The Hall–Kier alpha value is -3.40. The van der Waals surface area contributed by atoms with Crippen LogP contribution in [-0.2, 0) is 9.63 Å². The molecule has 0 fully saturated rings. The molecule has 0 saturated heterocycles. The molecule has 1 amide bonds. The van der Waals surface area contributed by atoms with Crippen LogP contribution in [0.2, 0.25) is 0 Å². The predicted octanol–water partition coefficient (Wildman–Crippen LogP) is 4.65. The van der Waals surface area contributed by atoms with E-state index in [0.717, 1.165) is 27.9 Å². The van der Waals surface area contributed by atoms with E-state index in [9.17, 15) is 4.79 Å². The SMILES string of the molecule is Cc1ccccc1/C=N\OCC(=O)Nc1ccccc1-c1ccccc1. The number of hydrogen-bond acceptors (Lipinski definition) is 3. The summed E-state index contributed by atoms with van der Waals surface area (Å²) in [4.78, 5) is 17.3. The maximum atomic E-state index is 12.2. The zero-order chi connectivity index (χ0) is 18.2. The summed E-state index contributed by atoms with van der Waals surface area (Å²) < 4.78 is 0. The minimum absolute atomic E-state index is 0.147. The largest absolute Gasteiger partial charge is 0.386 e. The minimum atomic E-state index is -0.254. The summed E-state index contributed by atoms with van der Waals surface area (Å²) in [7, 11) is 0. The van der Waals surface area contributed by atoms with E-state index in [0.29, 0.717) is 0 Å². The number of oxime groups is 1. The van der Waals surface area contributed by atoms with Gasteiger partial charge in [0.2, 0.25) is 0 Å². The lowest BCUT2D eigenvalue weighted by Crippen LogP contribution is -2.17. The highest BCUT2D eigenvalue weighted by molar-refractivity contribution is 5.96. The Bertz CT molecular complexity index is 905. The van der Waals surface area contributed by atoms with Gasteiger partial charge in [-0.1, -0.05) is 78.0 Å². The monoisotopic (exact) mass is 344 g/mol. The molecule has 0 saturated carbocycles. The van der Waals surface area contributed by atoms with Crippen LogP contribution in [0.1, 0.15) is 11.1 Å². The third kappa shape index (κ3) is 4.57. The van der Waals surface area contributed by atoms with Crippen molar-refractivity contribution in [3.8, 4) is 11.1 Å². The van der Waals surface area contributed by atoms with Gasteiger partial charge in [0.15, 0.2) is 6.61 Å². The van der Waals surface area contributed by atoms with Crippen molar-refractivity contribution in [2.45, 2.75) is 6.92 Å². The van der Waals surface area contributed by atoms with Crippen molar-refractivity contribution in [1.29, 1.82) is 0 Å². The molecule has 1 N–H and O–H groups in total. The number of aryl methyl sites for hydroxylation is 1. The molecule has 0 aliphatic carbocycles. The fourth-order valence-corrected chi connectivity index (χ4v) is 2.57. The Kier molecular flexibility index (Phi) is 5.78. The first kappa shape index (κ1) is 17.4. The van der Waals surface area contributed by atoms with Crippen molar-refractivity contribution in [3.63, 3.8) is 0 Å². The molecule has 3 aromatic carbocycles. The molecule has 4 nitrogen and oxygen atoms in total. The fraction of sp³-hybridized carbons (Fsp3) is 0.0909. The highest BCUT2D eigenvalue weighted by Gasteiger charge is 2.08. The van der Waals surface area contributed by atoms with Crippen molar-refractivity contribution in [2.75, 3.05) is 11.9 Å². The van der Waals surface area contributed by atoms with Crippen LogP contribution in [0.15, 0.2) is 84.0 Å². The number of carbonyl (C=O) groups excluding carboxylic acids is 1. The van der Waals surface area contributed by atoms with Gasteiger partial charge in [-0.2, -0.15) is 0 Å². The lowest BCUT2D eigenvalue weighted by molar-refractivity contribution is -0.120. The normalized spacial score (nSPS) is 10.7. The Labute approximate surface area is 153 Å². The molecule has 0 bridgehead atoms. The Balaban J connectivity index is 1.60. The number of para-hydroxylation sites is 1. The number of benzene rings is 3. The first-order valence-corrected chi connectivity index (χ1v) is 8.39. The topological polar surface area (TPSA) is 50.7 Å². The van der Waals surface area contributed by atoms with E-state index >= 15 is 0 Å². The molecule has 0 spiro atoms. The van der Waals surface area contributed by atoms with Gasteiger partial charge in [0.1, 0.15) is 0 Å². The average Bonchev–Trinajstić information content (AvgIpc) is 2.68. The predicted molar refractivity (Wildman–Crippen MR) is 105 cm³/mol. The standard InChI is InChI=1S/C22H20N2O2/c1-17-9-5-6-12-19(17)15-23-26-16-22(25)24-21-14-8-7-13-20(21)18-10-3-2-4-11-18/h2-15H,16H2,1H3,(H,24,25)/b23-15-. The first-order valence-electron chi connectivity index (χ1n) is 8.39. The number of anilines is 1. The molecule has 4 heteroatoms. The number of amides is 1. The summed E-state index contributed by atoms with van der Waals surface area (Å²) in [6.07, 6.45) is 1.61. The lowest BCUT2D eigenvalue weighted by atomic mass is 10.0. The summed E-state index contributed by atoms with van der Waals surface area (Å²) in [5.41, 5.74) is 4.81. The van der Waals surface area contributed by atoms with Crippen LogP contribution in [0.4, 0.5) is 5.69 Å². The van der Waals surface area contributed by atoms with Gasteiger partial charge in [-0.25, -0.2) is 0 Å². The van der Waals surface area contributed by atoms with Crippen LogP contribution < -0.4 is 5.32 Å². The molecule has 0 unspecified atom stereocenters. The van der Waals surface area contributed by atoms with Gasteiger partial charge in [-0.15, -0.1) is 0 Å². The molecular weight excluding hydrogens is 324 g/mol. The molecule has 0 heterocycles. The second-order valence-electron chi connectivity index (χ2n) is 5.82. The molecule has 0 aliphatic rings. The van der Waals surface area contributed by atoms with Crippen LogP contribution in [-0.4, -0.2) is 18.7 Å². The van der Waals surface area contributed by atoms with E-state index in [-0.39, 0.29) is 12.5 Å². The maximum Gasteiger partial charge on any atom is 0.265 e. The van der Waals surface area contributed by atoms with E-state index in [4.69, 9.17) is 4.84 Å². The van der Waals surface area contributed by atoms with Crippen LogP contribution in [0.5, 0.6) is 0 Å². The molecule has 0 atom stereocenters. The molecule has 3 aromatic rings. The smallest absolute Gasteiger partial charge is 0.265 e. The molecule has 0 aromatic heterocycles. The number of hydrogen-bond donors (Lipinski definition) is 1. The Morgan fingerprint density at radius 1 is 0.962 bits per heavy atom. The van der Waals surface area contributed by atoms with Gasteiger partial charge in [0.05, 0.1) is 6.21 Å². The van der Waals surface area contributed by atoms with Gasteiger partial charge >= 0.3 is 0 Å². The molecule has 0 radical (unpaired) electrons. The van der Waals surface area contributed by atoms with Crippen molar-refractivity contribution >= 4 is 17.8 Å². The van der Waals surface area contributed by atoms with Gasteiger partial charge in [0.25, 0.3) is 5.91 Å². The number of nitrogens with one attached hydrogen (secondary N) is 1. The molecule has 3 rings (SSSR count). The average molecular weight is 344 g/mol. The maximum absolute atomic E-state index is 12.2. The summed E-state index contributed by atoms with van der Waals surface area (Å²) in [5.74, 6) is -0.254. The van der Waals surface area contributed by atoms with Gasteiger partial charge in [0, 0.05) is 11.3 Å². The van der Waals surface area contributed by atoms with E-state index in [1.165, 1.54) is 0 Å². The van der Waals surface area contributed by atoms with Crippen molar-refractivity contribution in [1.82, 2.24) is 0 Å². The van der Waals surface area contributed by atoms with E-state index < -0.39 is 0 Å². The summed E-state index contributed by atoms with van der Waals surface area (Å²) in [6, 6.07) is 25.4. The van der Waals surface area contributed by atoms with Crippen molar-refractivity contribution < 1.29 is 9.63 Å². The summed E-state index contributed by atoms with van der Waals surface area (Å²) in [5, 5.41) is 6.76. The van der Waals surface area contributed by atoms with E-state index in [1.807, 2.05) is 85.8 Å². The zero-order valence-corrected chi connectivity index (χ0v) is 14.6. The number of carbonyl (C=O) groups is 1. The van der Waals surface area contributed by atoms with Gasteiger partial charge < -0.3 is 10.2 Å². The minimum Gasteiger partial charge on any atom is -0.386 e. The highest BCUT2D eigenvalue weighted by atomic mass is 16.6. The molecule has 0 aliphatic heterocycles. The first-order chi connectivity index (χ1) is 12.7. The van der Waals surface area contributed by atoms with Gasteiger partial charge in [-0.3, -0.25) is 4.79 Å². The van der Waals surface area contributed by atoms with Crippen LogP contribution >= 0.6 is 0 Å². The van der Waals surface area contributed by atoms with Gasteiger partial charge in [-0.05, 0) is 29.7 Å². The number of rotatable bonds is 6. The quantitative estimate of drug-likeness (QED) is 0.523. The van der Waals surface area contributed by atoms with Crippen LogP contribution in [0.25, 0.3) is 11.1 Å². The Morgan fingerprint density at radius 3 is 2.46 bits per heavy atom. The van der Waals surface area contributed by atoms with E-state index in [1.54, 1.807) is 6.21 Å². The van der Waals surface area contributed by atoms with Crippen LogP contribution in [0.3, 0.4) is 0 Å². The van der Waals surface area contributed by atoms with Crippen molar-refractivity contribution in [2.24, 2.45) is 5.16 Å². The molecule has 130 valence electrons. The van der Waals surface area contributed by atoms with Crippen LogP contribution in [0, 0.1) is 6.92 Å². The Morgan fingerprint density at radius 2 is 1.65 bits per heavy atom. The van der Waals surface area contributed by atoms with E-state index in [2.05, 4.69) is 10.5 Å². The van der Waals surface area contributed by atoms with Crippen molar-refractivity contribution in [3.05, 3.63) is 90.0 Å². The third-order valence-electron chi connectivity index (χ3n) is 3.94. The number of nitrogens with zero attached hydrogens (tertiary/aromatic N) is 1. The summed E-state index contributed by atoms with van der Waals surface area (Å²) >= 11 is 0. The molecular formula is C22H20N2O2. The fourth-order valence-electron chi connectivity index (χ4n) is 2.57. The third-order valence-corrected chi connectivity index (χ3v) is 3.94. The second kappa shape index (κ2) is 8.62.